The van der Waals surface area contributed by atoms with E-state index in [0.29, 0.717) is 12.5 Å². The third-order valence-corrected chi connectivity index (χ3v) is 4.05. The fourth-order valence-electron chi connectivity index (χ4n) is 2.49. The van der Waals surface area contributed by atoms with Gasteiger partial charge in [-0.25, -0.2) is 0 Å². The van der Waals surface area contributed by atoms with Crippen LogP contribution in [-0.2, 0) is 4.79 Å². The highest BCUT2D eigenvalue weighted by atomic mass is 16.4. The summed E-state index contributed by atoms with van der Waals surface area (Å²) in [6, 6.07) is 1.16. The number of carbonyl (C=O) groups is 1. The van der Waals surface area contributed by atoms with E-state index >= 15 is 0 Å². The molecule has 18 heavy (non-hydrogen) atoms. The molecule has 0 heterocycles. The number of nitrogens with zero attached hydrogens (tertiary/aromatic N) is 1. The third-order valence-electron chi connectivity index (χ3n) is 4.05. The molecule has 2 aliphatic rings. The molecule has 2 rings (SSSR count). The third kappa shape index (κ3) is 3.69. The molecule has 4 heteroatoms. The highest BCUT2D eigenvalue weighted by Crippen LogP contribution is 2.29. The summed E-state index contributed by atoms with van der Waals surface area (Å²) in [5, 5.41) is 12.7. The van der Waals surface area contributed by atoms with Crippen molar-refractivity contribution in [3.05, 3.63) is 0 Å². The van der Waals surface area contributed by atoms with Crippen LogP contribution in [0.25, 0.3) is 0 Å². The fourth-order valence-corrected chi connectivity index (χ4v) is 2.49. The quantitative estimate of drug-likeness (QED) is 0.659. The molecule has 0 aliphatic heterocycles. The van der Waals surface area contributed by atoms with Crippen LogP contribution in [-0.4, -0.2) is 46.7 Å². The van der Waals surface area contributed by atoms with Crippen LogP contribution >= 0.6 is 0 Å². The lowest BCUT2D eigenvalue weighted by Crippen LogP contribution is -2.52. The van der Waals surface area contributed by atoms with Gasteiger partial charge in [-0.05, 0) is 52.0 Å². The second kappa shape index (κ2) is 5.57. The van der Waals surface area contributed by atoms with E-state index in [9.17, 15) is 9.90 Å². The van der Waals surface area contributed by atoms with Gasteiger partial charge in [-0.3, -0.25) is 10.1 Å². The van der Waals surface area contributed by atoms with Crippen molar-refractivity contribution < 1.29 is 9.90 Å². The van der Waals surface area contributed by atoms with Crippen molar-refractivity contribution in [2.75, 3.05) is 13.1 Å². The molecule has 2 fully saturated rings. The zero-order chi connectivity index (χ0) is 13.2. The first kappa shape index (κ1) is 13.8. The van der Waals surface area contributed by atoms with Crippen LogP contribution in [0.1, 0.15) is 52.4 Å². The summed E-state index contributed by atoms with van der Waals surface area (Å²) in [7, 11) is 0. The molecule has 0 radical (unpaired) electrons. The van der Waals surface area contributed by atoms with E-state index in [0.717, 1.165) is 38.4 Å². The second-order valence-corrected chi connectivity index (χ2v) is 6.07. The average Bonchev–Trinajstić information content (AvgIpc) is 3.15. The lowest BCUT2D eigenvalue weighted by atomic mass is 9.97. The van der Waals surface area contributed by atoms with Crippen molar-refractivity contribution in [1.29, 1.82) is 0 Å². The number of hydrogen-bond acceptors (Lipinski definition) is 3. The van der Waals surface area contributed by atoms with Crippen molar-refractivity contribution in [2.45, 2.75) is 70.0 Å². The zero-order valence-corrected chi connectivity index (χ0v) is 11.6. The van der Waals surface area contributed by atoms with Crippen LogP contribution in [0.5, 0.6) is 0 Å². The largest absolute Gasteiger partial charge is 0.480 e. The van der Waals surface area contributed by atoms with Crippen LogP contribution in [0.4, 0.5) is 0 Å². The molecule has 0 spiro atoms. The molecule has 1 unspecified atom stereocenters. The molecule has 0 aromatic rings. The van der Waals surface area contributed by atoms with Crippen molar-refractivity contribution >= 4 is 5.97 Å². The molecule has 2 N–H and O–H groups in total. The van der Waals surface area contributed by atoms with Gasteiger partial charge in [0.25, 0.3) is 0 Å². The summed E-state index contributed by atoms with van der Waals surface area (Å²) in [6.45, 7) is 6.03. The van der Waals surface area contributed by atoms with E-state index in [4.69, 9.17) is 0 Å². The summed E-state index contributed by atoms with van der Waals surface area (Å²) >= 11 is 0. The van der Waals surface area contributed by atoms with Crippen LogP contribution in [0, 0.1) is 0 Å². The van der Waals surface area contributed by atoms with Crippen molar-refractivity contribution in [3.63, 3.8) is 0 Å². The molecular weight excluding hydrogens is 228 g/mol. The maximum Gasteiger partial charge on any atom is 0.323 e. The van der Waals surface area contributed by atoms with E-state index in [1.807, 2.05) is 6.92 Å². The topological polar surface area (TPSA) is 52.6 Å². The Morgan fingerprint density at radius 2 is 2.00 bits per heavy atom. The average molecular weight is 254 g/mol. The van der Waals surface area contributed by atoms with Gasteiger partial charge in [-0.15, -0.1) is 0 Å². The van der Waals surface area contributed by atoms with Gasteiger partial charge < -0.3 is 10.0 Å². The second-order valence-electron chi connectivity index (χ2n) is 6.07. The van der Waals surface area contributed by atoms with E-state index in [-0.39, 0.29) is 0 Å². The minimum Gasteiger partial charge on any atom is -0.480 e. The Hall–Kier alpha value is -0.610. The molecule has 0 saturated heterocycles. The van der Waals surface area contributed by atoms with Gasteiger partial charge in [0.1, 0.15) is 5.54 Å². The summed E-state index contributed by atoms with van der Waals surface area (Å²) in [4.78, 5) is 13.9. The van der Waals surface area contributed by atoms with Gasteiger partial charge in [-0.2, -0.15) is 0 Å². The van der Waals surface area contributed by atoms with Gasteiger partial charge in [0.05, 0.1) is 0 Å². The number of carboxylic acid groups (broad SMARTS) is 1. The predicted molar refractivity (Wildman–Crippen MR) is 71.7 cm³/mol. The van der Waals surface area contributed by atoms with Crippen molar-refractivity contribution in [1.82, 2.24) is 10.2 Å². The van der Waals surface area contributed by atoms with Crippen LogP contribution in [0.3, 0.4) is 0 Å². The Balaban J connectivity index is 1.84. The first-order valence-electron chi connectivity index (χ1n) is 7.30. The molecule has 1 atom stereocenters. The van der Waals surface area contributed by atoms with Gasteiger partial charge in [-0.1, -0.05) is 6.92 Å². The summed E-state index contributed by atoms with van der Waals surface area (Å²) in [5.41, 5.74) is -0.748. The molecule has 2 aliphatic carbocycles. The predicted octanol–water partition coefficient (Wildman–Crippen LogP) is 1.85. The number of hydrogen-bond donors (Lipinski definition) is 2. The molecule has 0 aromatic carbocycles. The molecule has 2 saturated carbocycles. The highest BCUT2D eigenvalue weighted by molar-refractivity contribution is 5.78. The Bertz CT molecular complexity index is 300. The molecular formula is C14H26N2O2. The first-order chi connectivity index (χ1) is 8.55. The minimum absolute atomic E-state index is 0.437. The fraction of sp³-hybridized carbons (Fsp3) is 0.929. The summed E-state index contributed by atoms with van der Waals surface area (Å²) in [5.74, 6) is -0.707. The van der Waals surface area contributed by atoms with Crippen LogP contribution < -0.4 is 5.32 Å². The number of rotatable bonds is 9. The summed E-state index contributed by atoms with van der Waals surface area (Å²) < 4.78 is 0. The molecule has 0 bridgehead atoms. The molecule has 4 nitrogen and oxygen atoms in total. The standard InChI is InChI=1S/C14H26N2O2/c1-3-9-16(12-6-7-12)10-8-14(2,13(17)18)15-11-4-5-11/h11-12,15H,3-10H2,1-2H3,(H,17,18). The summed E-state index contributed by atoms with van der Waals surface area (Å²) in [6.07, 6.45) is 6.69. The Labute approximate surface area is 110 Å². The zero-order valence-electron chi connectivity index (χ0n) is 11.6. The van der Waals surface area contributed by atoms with E-state index in [1.165, 1.54) is 12.8 Å². The van der Waals surface area contributed by atoms with Crippen molar-refractivity contribution in [3.8, 4) is 0 Å². The van der Waals surface area contributed by atoms with Crippen LogP contribution in [0.15, 0.2) is 0 Å². The van der Waals surface area contributed by atoms with Crippen LogP contribution in [0.2, 0.25) is 0 Å². The Morgan fingerprint density at radius 1 is 1.33 bits per heavy atom. The molecule has 0 aromatic heterocycles. The highest BCUT2D eigenvalue weighted by Gasteiger charge is 2.39. The SMILES string of the molecule is CCCN(CCC(C)(NC1CC1)C(=O)O)C1CC1. The normalized spacial score (nSPS) is 23.1. The number of nitrogens with one attached hydrogen (secondary N) is 1. The minimum atomic E-state index is -0.748. The number of aliphatic carboxylic acids is 1. The Morgan fingerprint density at radius 3 is 2.44 bits per heavy atom. The van der Waals surface area contributed by atoms with Gasteiger partial charge in [0.2, 0.25) is 0 Å². The number of carboxylic acids is 1. The lowest BCUT2D eigenvalue weighted by Gasteiger charge is -2.30. The van der Waals surface area contributed by atoms with E-state index < -0.39 is 11.5 Å². The van der Waals surface area contributed by atoms with E-state index in [2.05, 4.69) is 17.1 Å². The lowest BCUT2D eigenvalue weighted by molar-refractivity contribution is -0.144. The van der Waals surface area contributed by atoms with Crippen molar-refractivity contribution in [2.24, 2.45) is 0 Å². The molecule has 0 amide bonds. The first-order valence-corrected chi connectivity index (χ1v) is 7.30. The maximum atomic E-state index is 11.5. The monoisotopic (exact) mass is 254 g/mol. The Kier molecular flexibility index (Phi) is 4.28. The van der Waals surface area contributed by atoms with E-state index in [1.54, 1.807) is 0 Å². The smallest absolute Gasteiger partial charge is 0.323 e. The molecule has 104 valence electrons. The van der Waals surface area contributed by atoms with Gasteiger partial charge in [0.15, 0.2) is 0 Å². The van der Waals surface area contributed by atoms with Gasteiger partial charge >= 0.3 is 5.97 Å². The maximum absolute atomic E-state index is 11.5. The van der Waals surface area contributed by atoms with Gasteiger partial charge in [0, 0.05) is 18.6 Å².